The Morgan fingerprint density at radius 3 is 2.34 bits per heavy atom. The van der Waals surface area contributed by atoms with Crippen molar-refractivity contribution in [2.45, 2.75) is 6.92 Å². The number of carbonyl (C=O) groups excluding carboxylic acids is 2. The molecule has 148 valence electrons. The first kappa shape index (κ1) is 19.9. The smallest absolute Gasteiger partial charge is 0.291 e. The maximum absolute atomic E-state index is 12.3. The van der Waals surface area contributed by atoms with Gasteiger partial charge in [-0.2, -0.15) is 5.10 Å². The number of nitrogens with zero attached hydrogens (tertiary/aromatic N) is 2. The Morgan fingerprint density at radius 1 is 0.931 bits per heavy atom. The Kier molecular flexibility index (Phi) is 6.09. The Hall–Kier alpha value is -3.87. The second-order valence-electron chi connectivity index (χ2n) is 6.59. The van der Waals surface area contributed by atoms with Crippen LogP contribution in [0.25, 0.3) is 0 Å². The lowest BCUT2D eigenvalue weighted by atomic mass is 10.1. The molecule has 0 bridgehead atoms. The topological polar surface area (TPSA) is 86.9 Å². The molecule has 0 radical (unpaired) electrons. The van der Waals surface area contributed by atoms with Gasteiger partial charge in [0.2, 0.25) is 0 Å². The van der Waals surface area contributed by atoms with Crippen molar-refractivity contribution in [3.05, 3.63) is 83.8 Å². The first-order valence-corrected chi connectivity index (χ1v) is 9.01. The first-order valence-electron chi connectivity index (χ1n) is 9.01. The van der Waals surface area contributed by atoms with Crippen LogP contribution in [0.1, 0.15) is 33.4 Å². The number of amides is 2. The average molecular weight is 390 g/mol. The van der Waals surface area contributed by atoms with Crippen molar-refractivity contribution in [1.82, 2.24) is 5.43 Å². The van der Waals surface area contributed by atoms with Crippen molar-refractivity contribution in [3.63, 3.8) is 0 Å². The third-order valence-corrected chi connectivity index (χ3v) is 4.25. The van der Waals surface area contributed by atoms with E-state index in [0.717, 1.165) is 11.3 Å². The molecule has 0 saturated carbocycles. The number of nitrogens with one attached hydrogen (secondary N) is 2. The minimum Gasteiger partial charge on any atom is -0.459 e. The zero-order valence-electron chi connectivity index (χ0n) is 16.5. The molecule has 0 unspecified atom stereocenters. The highest BCUT2D eigenvalue weighted by Crippen LogP contribution is 2.14. The van der Waals surface area contributed by atoms with Crippen molar-refractivity contribution in [1.29, 1.82) is 0 Å². The fourth-order valence-electron chi connectivity index (χ4n) is 2.60. The number of anilines is 2. The standard InChI is InChI=1S/C22H22N4O3/c1-15(24-25-21(27)16-9-11-19(12-10-16)26(2)3)17-6-4-7-18(14-17)23-22(28)20-8-5-13-29-20/h4-14H,1-3H3,(H,23,28)(H,25,27)/b24-15+. The van der Waals surface area contributed by atoms with Gasteiger partial charge in [0.05, 0.1) is 12.0 Å². The largest absolute Gasteiger partial charge is 0.459 e. The van der Waals surface area contributed by atoms with E-state index in [1.54, 1.807) is 49.4 Å². The van der Waals surface area contributed by atoms with E-state index in [1.807, 2.05) is 37.2 Å². The summed E-state index contributed by atoms with van der Waals surface area (Å²) in [7, 11) is 3.88. The summed E-state index contributed by atoms with van der Waals surface area (Å²) >= 11 is 0. The summed E-state index contributed by atoms with van der Waals surface area (Å²) in [5.41, 5.74) is 6.07. The molecule has 3 aromatic rings. The molecule has 7 nitrogen and oxygen atoms in total. The van der Waals surface area contributed by atoms with Crippen LogP contribution in [0.15, 0.2) is 76.4 Å². The monoisotopic (exact) mass is 390 g/mol. The molecule has 2 N–H and O–H groups in total. The van der Waals surface area contributed by atoms with Crippen molar-refractivity contribution in [2.24, 2.45) is 5.10 Å². The van der Waals surface area contributed by atoms with Gasteiger partial charge in [0, 0.05) is 31.0 Å². The van der Waals surface area contributed by atoms with Gasteiger partial charge in [-0.15, -0.1) is 0 Å². The van der Waals surface area contributed by atoms with Crippen LogP contribution in [0.3, 0.4) is 0 Å². The van der Waals surface area contributed by atoms with Crippen LogP contribution in [0.2, 0.25) is 0 Å². The van der Waals surface area contributed by atoms with Gasteiger partial charge >= 0.3 is 0 Å². The lowest BCUT2D eigenvalue weighted by Crippen LogP contribution is -2.19. The fraction of sp³-hybridized carbons (Fsp3) is 0.136. The molecular formula is C22H22N4O3. The SMILES string of the molecule is C/C(=N\NC(=O)c1ccc(N(C)C)cc1)c1cccc(NC(=O)c2ccco2)c1. The second-order valence-corrected chi connectivity index (χ2v) is 6.59. The lowest BCUT2D eigenvalue weighted by molar-refractivity contribution is 0.0953. The Bertz CT molecular complexity index is 1020. The highest BCUT2D eigenvalue weighted by Gasteiger charge is 2.10. The summed E-state index contributed by atoms with van der Waals surface area (Å²) in [4.78, 5) is 26.4. The summed E-state index contributed by atoms with van der Waals surface area (Å²) < 4.78 is 5.09. The third kappa shape index (κ3) is 5.10. The van der Waals surface area contributed by atoms with Gasteiger partial charge in [-0.25, -0.2) is 5.43 Å². The van der Waals surface area contributed by atoms with Gasteiger partial charge in [0.1, 0.15) is 0 Å². The molecule has 0 aliphatic heterocycles. The highest BCUT2D eigenvalue weighted by atomic mass is 16.3. The van der Waals surface area contributed by atoms with E-state index in [0.29, 0.717) is 17.0 Å². The molecule has 0 aliphatic rings. The molecule has 2 amide bonds. The fourth-order valence-corrected chi connectivity index (χ4v) is 2.60. The zero-order valence-corrected chi connectivity index (χ0v) is 16.5. The molecule has 1 aromatic heterocycles. The molecule has 0 aliphatic carbocycles. The molecular weight excluding hydrogens is 368 g/mol. The van der Waals surface area contributed by atoms with E-state index in [9.17, 15) is 9.59 Å². The predicted octanol–water partition coefficient (Wildman–Crippen LogP) is 3.75. The summed E-state index contributed by atoms with van der Waals surface area (Å²) in [6, 6.07) is 17.7. The van der Waals surface area contributed by atoms with Crippen molar-refractivity contribution >= 4 is 28.9 Å². The van der Waals surface area contributed by atoms with Crippen molar-refractivity contribution in [3.8, 4) is 0 Å². The van der Waals surface area contributed by atoms with Crippen LogP contribution >= 0.6 is 0 Å². The minimum atomic E-state index is -0.337. The van der Waals surface area contributed by atoms with Crippen molar-refractivity contribution < 1.29 is 14.0 Å². The lowest BCUT2D eigenvalue weighted by Gasteiger charge is -2.12. The van der Waals surface area contributed by atoms with E-state index >= 15 is 0 Å². The van der Waals surface area contributed by atoms with E-state index in [4.69, 9.17) is 4.42 Å². The highest BCUT2D eigenvalue weighted by molar-refractivity contribution is 6.04. The molecule has 0 atom stereocenters. The normalized spacial score (nSPS) is 11.1. The van der Waals surface area contributed by atoms with Crippen LogP contribution in [0, 0.1) is 0 Å². The number of hydrogen-bond acceptors (Lipinski definition) is 5. The van der Waals surface area contributed by atoms with E-state index < -0.39 is 0 Å². The molecule has 2 aromatic carbocycles. The third-order valence-electron chi connectivity index (χ3n) is 4.25. The number of carbonyl (C=O) groups is 2. The van der Waals surface area contributed by atoms with Crippen LogP contribution in [0.5, 0.6) is 0 Å². The molecule has 3 rings (SSSR count). The minimum absolute atomic E-state index is 0.230. The Morgan fingerprint density at radius 2 is 1.69 bits per heavy atom. The first-order chi connectivity index (χ1) is 13.9. The number of hydrogen-bond donors (Lipinski definition) is 2. The number of benzene rings is 2. The van der Waals surface area contributed by atoms with Crippen LogP contribution in [-0.2, 0) is 0 Å². The summed E-state index contributed by atoms with van der Waals surface area (Å²) in [6.07, 6.45) is 1.44. The van der Waals surface area contributed by atoms with E-state index in [-0.39, 0.29) is 17.6 Å². The Balaban J connectivity index is 1.66. The molecule has 29 heavy (non-hydrogen) atoms. The predicted molar refractivity (Wildman–Crippen MR) is 114 cm³/mol. The van der Waals surface area contributed by atoms with Crippen molar-refractivity contribution in [2.75, 3.05) is 24.3 Å². The average Bonchev–Trinajstić information content (AvgIpc) is 3.27. The van der Waals surface area contributed by atoms with Gasteiger partial charge < -0.3 is 14.6 Å². The van der Waals surface area contributed by atoms with E-state index in [2.05, 4.69) is 15.8 Å². The van der Waals surface area contributed by atoms with Crippen LogP contribution in [0.4, 0.5) is 11.4 Å². The maximum atomic E-state index is 12.3. The molecule has 1 heterocycles. The zero-order chi connectivity index (χ0) is 20.8. The maximum Gasteiger partial charge on any atom is 0.291 e. The van der Waals surface area contributed by atoms with Gasteiger partial charge in [-0.3, -0.25) is 9.59 Å². The quantitative estimate of drug-likeness (QED) is 0.496. The van der Waals surface area contributed by atoms with Gasteiger partial charge in [-0.1, -0.05) is 12.1 Å². The Labute approximate surface area is 169 Å². The number of rotatable bonds is 6. The number of hydrazone groups is 1. The molecule has 0 saturated heterocycles. The molecule has 0 spiro atoms. The van der Waals surface area contributed by atoms with Gasteiger partial charge in [0.15, 0.2) is 5.76 Å². The van der Waals surface area contributed by atoms with Crippen LogP contribution in [-0.4, -0.2) is 31.6 Å². The molecule has 0 fully saturated rings. The summed E-state index contributed by atoms with van der Waals surface area (Å²) in [5.74, 6) is -0.401. The second kappa shape index (κ2) is 8.88. The summed E-state index contributed by atoms with van der Waals surface area (Å²) in [5, 5.41) is 6.94. The van der Waals surface area contributed by atoms with Gasteiger partial charge in [0.25, 0.3) is 11.8 Å². The summed E-state index contributed by atoms with van der Waals surface area (Å²) in [6.45, 7) is 1.78. The van der Waals surface area contributed by atoms with Crippen LogP contribution < -0.4 is 15.6 Å². The van der Waals surface area contributed by atoms with E-state index in [1.165, 1.54) is 6.26 Å². The van der Waals surface area contributed by atoms with Gasteiger partial charge in [-0.05, 0) is 61.0 Å². The molecule has 7 heteroatoms. The number of furan rings is 1.